The molecule has 1 N–H and O–H groups in total. The Morgan fingerprint density at radius 1 is 1.25 bits per heavy atom. The maximum atomic E-state index is 12.6. The highest BCUT2D eigenvalue weighted by Gasteiger charge is 2.20. The number of aryl methyl sites for hydroxylation is 1. The van der Waals surface area contributed by atoms with Crippen molar-refractivity contribution in [3.63, 3.8) is 0 Å². The monoisotopic (exact) mass is 328 g/mol. The molecule has 5 nitrogen and oxygen atoms in total. The van der Waals surface area contributed by atoms with Gasteiger partial charge in [0.15, 0.2) is 11.6 Å². The zero-order valence-electron chi connectivity index (χ0n) is 14.9. The van der Waals surface area contributed by atoms with E-state index in [1.807, 2.05) is 50.1 Å². The molecule has 0 atom stereocenters. The summed E-state index contributed by atoms with van der Waals surface area (Å²) in [5.74, 6) is 0.757. The first kappa shape index (κ1) is 17.9. The van der Waals surface area contributed by atoms with Crippen molar-refractivity contribution in [1.82, 2.24) is 9.88 Å². The van der Waals surface area contributed by atoms with Gasteiger partial charge < -0.3 is 9.72 Å². The minimum atomic E-state index is -0.0231. The Morgan fingerprint density at radius 2 is 1.96 bits per heavy atom. The van der Waals surface area contributed by atoms with Crippen LogP contribution in [-0.4, -0.2) is 42.2 Å². The SMILES string of the molecule is COc1cccc(CN(C)CC(=O)c2[nH]c(C)c(C(C)=O)c2C)c1. The third-order valence-corrected chi connectivity index (χ3v) is 4.07. The average molecular weight is 328 g/mol. The number of nitrogens with zero attached hydrogens (tertiary/aromatic N) is 1. The number of ether oxygens (including phenoxy) is 1. The zero-order chi connectivity index (χ0) is 17.9. The lowest BCUT2D eigenvalue weighted by Crippen LogP contribution is -2.26. The van der Waals surface area contributed by atoms with Crippen LogP contribution in [0.25, 0.3) is 0 Å². The average Bonchev–Trinajstić information content (AvgIpc) is 2.82. The fourth-order valence-corrected chi connectivity index (χ4v) is 3.02. The van der Waals surface area contributed by atoms with Gasteiger partial charge in [-0.25, -0.2) is 0 Å². The van der Waals surface area contributed by atoms with Gasteiger partial charge in [-0.2, -0.15) is 0 Å². The number of benzene rings is 1. The van der Waals surface area contributed by atoms with Crippen LogP contribution < -0.4 is 4.74 Å². The van der Waals surface area contributed by atoms with Gasteiger partial charge in [0.25, 0.3) is 0 Å². The lowest BCUT2D eigenvalue weighted by atomic mass is 10.1. The molecule has 24 heavy (non-hydrogen) atoms. The largest absolute Gasteiger partial charge is 0.497 e. The smallest absolute Gasteiger partial charge is 0.193 e. The Balaban J connectivity index is 2.09. The van der Waals surface area contributed by atoms with Crippen LogP contribution >= 0.6 is 0 Å². The summed E-state index contributed by atoms with van der Waals surface area (Å²) in [5, 5.41) is 0. The summed E-state index contributed by atoms with van der Waals surface area (Å²) in [6.45, 7) is 6.07. The van der Waals surface area contributed by atoms with Gasteiger partial charge in [0, 0.05) is 17.8 Å². The van der Waals surface area contributed by atoms with Gasteiger partial charge in [-0.05, 0) is 51.1 Å². The molecule has 0 aliphatic carbocycles. The van der Waals surface area contributed by atoms with Gasteiger partial charge in [-0.1, -0.05) is 12.1 Å². The molecule has 2 aromatic rings. The molecule has 0 aliphatic rings. The normalized spacial score (nSPS) is 10.9. The fraction of sp³-hybridized carbons (Fsp3) is 0.368. The van der Waals surface area contributed by atoms with Crippen molar-refractivity contribution < 1.29 is 14.3 Å². The number of ketones is 2. The Labute approximate surface area is 142 Å². The zero-order valence-corrected chi connectivity index (χ0v) is 14.9. The van der Waals surface area contributed by atoms with Gasteiger partial charge in [0.1, 0.15) is 5.75 Å². The highest BCUT2D eigenvalue weighted by molar-refractivity contribution is 6.03. The molecule has 0 spiro atoms. The minimum absolute atomic E-state index is 0.0199. The Morgan fingerprint density at radius 3 is 2.54 bits per heavy atom. The summed E-state index contributed by atoms with van der Waals surface area (Å²) in [4.78, 5) is 29.3. The van der Waals surface area contributed by atoms with Crippen LogP contribution in [0.1, 0.15) is 44.6 Å². The molecule has 0 amide bonds. The number of hydrogen-bond donors (Lipinski definition) is 1. The molecule has 0 saturated carbocycles. The number of rotatable bonds is 7. The number of aromatic amines is 1. The molecule has 0 unspecified atom stereocenters. The van der Waals surface area contributed by atoms with Gasteiger partial charge in [0.2, 0.25) is 0 Å². The third-order valence-electron chi connectivity index (χ3n) is 4.07. The van der Waals surface area contributed by atoms with E-state index in [1.165, 1.54) is 6.92 Å². The number of methoxy groups -OCH3 is 1. The fourth-order valence-electron chi connectivity index (χ4n) is 3.02. The summed E-state index contributed by atoms with van der Waals surface area (Å²) in [5.41, 5.74) is 3.70. The first-order valence-electron chi connectivity index (χ1n) is 7.88. The number of nitrogens with one attached hydrogen (secondary N) is 1. The predicted octanol–water partition coefficient (Wildman–Crippen LogP) is 3.16. The molecule has 0 radical (unpaired) electrons. The van der Waals surface area contributed by atoms with E-state index in [0.717, 1.165) is 22.6 Å². The Hall–Kier alpha value is -2.40. The molecule has 0 aliphatic heterocycles. The number of hydrogen-bond acceptors (Lipinski definition) is 4. The van der Waals surface area contributed by atoms with E-state index in [1.54, 1.807) is 7.11 Å². The van der Waals surface area contributed by atoms with Crippen molar-refractivity contribution in [3.8, 4) is 5.75 Å². The lowest BCUT2D eigenvalue weighted by Gasteiger charge is -2.16. The highest BCUT2D eigenvalue weighted by atomic mass is 16.5. The van der Waals surface area contributed by atoms with Crippen molar-refractivity contribution in [2.24, 2.45) is 0 Å². The van der Waals surface area contributed by atoms with Gasteiger partial charge in [-0.15, -0.1) is 0 Å². The maximum absolute atomic E-state index is 12.6. The number of likely N-dealkylation sites (N-methyl/N-ethyl adjacent to an activating group) is 1. The number of Topliss-reactive ketones (excluding diaryl/α,β-unsaturated/α-hetero) is 2. The van der Waals surface area contributed by atoms with E-state index in [0.29, 0.717) is 17.8 Å². The van der Waals surface area contributed by atoms with E-state index < -0.39 is 0 Å². The van der Waals surface area contributed by atoms with Crippen LogP contribution in [0, 0.1) is 13.8 Å². The molecule has 1 heterocycles. The second-order valence-corrected chi connectivity index (χ2v) is 6.13. The molecule has 0 saturated heterocycles. The van der Waals surface area contributed by atoms with Crippen LogP contribution in [0.2, 0.25) is 0 Å². The van der Waals surface area contributed by atoms with Crippen molar-refractivity contribution in [3.05, 3.63) is 52.3 Å². The van der Waals surface area contributed by atoms with Crippen LogP contribution in [0.15, 0.2) is 24.3 Å². The quantitative estimate of drug-likeness (QED) is 0.793. The molecule has 5 heteroatoms. The van der Waals surface area contributed by atoms with Crippen molar-refractivity contribution in [2.75, 3.05) is 20.7 Å². The molecule has 1 aromatic carbocycles. The van der Waals surface area contributed by atoms with Crippen molar-refractivity contribution in [1.29, 1.82) is 0 Å². The van der Waals surface area contributed by atoms with Crippen molar-refractivity contribution >= 4 is 11.6 Å². The van der Waals surface area contributed by atoms with E-state index in [9.17, 15) is 9.59 Å². The highest BCUT2D eigenvalue weighted by Crippen LogP contribution is 2.19. The second kappa shape index (κ2) is 7.45. The molecular formula is C19H24N2O3. The van der Waals surface area contributed by atoms with Gasteiger partial charge >= 0.3 is 0 Å². The van der Waals surface area contributed by atoms with E-state index in [2.05, 4.69) is 4.98 Å². The standard InChI is InChI=1S/C19H24N2O3/c1-12-18(14(3)22)13(2)20-19(12)17(23)11-21(4)10-15-7-6-8-16(9-15)24-5/h6-9,20H,10-11H2,1-5H3. The molecular weight excluding hydrogens is 304 g/mol. The van der Waals surface area contributed by atoms with E-state index in [-0.39, 0.29) is 18.1 Å². The molecule has 1 aromatic heterocycles. The number of aromatic nitrogens is 1. The summed E-state index contributed by atoms with van der Waals surface area (Å²) < 4.78 is 5.22. The maximum Gasteiger partial charge on any atom is 0.193 e. The first-order chi connectivity index (χ1) is 11.3. The number of H-pyrrole nitrogens is 1. The lowest BCUT2D eigenvalue weighted by molar-refractivity contribution is 0.0937. The van der Waals surface area contributed by atoms with Gasteiger partial charge in [0.05, 0.1) is 19.3 Å². The second-order valence-electron chi connectivity index (χ2n) is 6.13. The summed E-state index contributed by atoms with van der Waals surface area (Å²) in [6.07, 6.45) is 0. The molecule has 0 bridgehead atoms. The topological polar surface area (TPSA) is 62.4 Å². The molecule has 2 rings (SSSR count). The molecule has 128 valence electrons. The summed E-state index contributed by atoms with van der Waals surface area (Å²) in [7, 11) is 3.53. The third kappa shape index (κ3) is 3.92. The predicted molar refractivity (Wildman–Crippen MR) is 93.9 cm³/mol. The molecule has 0 fully saturated rings. The van der Waals surface area contributed by atoms with Gasteiger partial charge in [-0.3, -0.25) is 14.5 Å². The Kier molecular flexibility index (Phi) is 5.57. The van der Waals surface area contributed by atoms with Crippen LogP contribution in [-0.2, 0) is 6.54 Å². The summed E-state index contributed by atoms with van der Waals surface area (Å²) in [6, 6.07) is 7.78. The number of carbonyl (C=O) groups is 2. The van der Waals surface area contributed by atoms with E-state index in [4.69, 9.17) is 4.74 Å². The van der Waals surface area contributed by atoms with Crippen LogP contribution in [0.5, 0.6) is 5.75 Å². The first-order valence-corrected chi connectivity index (χ1v) is 7.88. The van der Waals surface area contributed by atoms with E-state index >= 15 is 0 Å². The summed E-state index contributed by atoms with van der Waals surface area (Å²) >= 11 is 0. The number of carbonyl (C=O) groups excluding carboxylic acids is 2. The van der Waals surface area contributed by atoms with Crippen LogP contribution in [0.4, 0.5) is 0 Å². The van der Waals surface area contributed by atoms with Crippen LogP contribution in [0.3, 0.4) is 0 Å². The van der Waals surface area contributed by atoms with Crippen molar-refractivity contribution in [2.45, 2.75) is 27.3 Å². The minimum Gasteiger partial charge on any atom is -0.497 e. The Bertz CT molecular complexity index is 762.